The molecule has 1 N–H and O–H groups in total. The van der Waals surface area contributed by atoms with E-state index in [1.54, 1.807) is 17.7 Å². The molecule has 1 aliphatic rings. The molecule has 4 rings (SSSR count). The maximum atomic E-state index is 4.42. The van der Waals surface area contributed by atoms with Crippen molar-refractivity contribution in [2.75, 3.05) is 5.32 Å². The number of nitrogens with zero attached hydrogens (tertiary/aromatic N) is 3. The van der Waals surface area contributed by atoms with Crippen LogP contribution in [-0.2, 0) is 0 Å². The summed E-state index contributed by atoms with van der Waals surface area (Å²) in [5.41, 5.74) is 2.63. The summed E-state index contributed by atoms with van der Waals surface area (Å²) in [4.78, 5) is 5.72. The molecule has 0 fully saturated rings. The van der Waals surface area contributed by atoms with Crippen LogP contribution in [-0.4, -0.2) is 14.8 Å². The molecular weight excluding hydrogens is 280 g/mol. The quantitative estimate of drug-likeness (QED) is 0.782. The van der Waals surface area contributed by atoms with Crippen LogP contribution in [0.5, 0.6) is 0 Å². The number of hydrogen-bond acceptors (Lipinski definition) is 4. The van der Waals surface area contributed by atoms with Crippen molar-refractivity contribution in [2.24, 2.45) is 0 Å². The minimum Gasteiger partial charge on any atom is -0.347 e. The van der Waals surface area contributed by atoms with Gasteiger partial charge in [0.2, 0.25) is 5.95 Å². The Bertz CT molecular complexity index is 747. The molecule has 0 unspecified atom stereocenters. The van der Waals surface area contributed by atoms with E-state index in [-0.39, 0.29) is 6.04 Å². The van der Waals surface area contributed by atoms with Gasteiger partial charge in [0.1, 0.15) is 6.33 Å². The van der Waals surface area contributed by atoms with Crippen LogP contribution in [0.15, 0.2) is 48.1 Å². The first kappa shape index (κ1) is 12.6. The average Bonchev–Trinajstić information content (AvgIpc) is 3.18. The highest BCUT2D eigenvalue weighted by atomic mass is 32.1. The van der Waals surface area contributed by atoms with Crippen molar-refractivity contribution in [2.45, 2.75) is 25.4 Å². The first-order valence-corrected chi connectivity index (χ1v) is 7.96. The van der Waals surface area contributed by atoms with Crippen LogP contribution in [0.25, 0.3) is 0 Å². The Morgan fingerprint density at radius 2 is 2.14 bits per heavy atom. The Hall–Kier alpha value is -2.14. The van der Waals surface area contributed by atoms with Crippen molar-refractivity contribution in [1.29, 1.82) is 0 Å². The molecule has 3 aromatic rings. The minimum atomic E-state index is 0.233. The Morgan fingerprint density at radius 3 is 2.95 bits per heavy atom. The molecule has 2 aromatic heterocycles. The van der Waals surface area contributed by atoms with Gasteiger partial charge in [-0.15, -0.1) is 11.3 Å². The number of nitrogens with one attached hydrogen (secondary N) is 1. The number of thiophene rings is 1. The molecule has 3 heterocycles. The fourth-order valence-corrected chi connectivity index (χ4v) is 3.81. The van der Waals surface area contributed by atoms with Gasteiger partial charge in [0, 0.05) is 4.88 Å². The fraction of sp³-hybridized carbons (Fsp3) is 0.250. The van der Waals surface area contributed by atoms with Crippen molar-refractivity contribution in [3.63, 3.8) is 0 Å². The molecule has 0 radical (unpaired) electrons. The van der Waals surface area contributed by atoms with Crippen LogP contribution in [0.4, 0.5) is 5.95 Å². The molecule has 1 aliphatic heterocycles. The van der Waals surface area contributed by atoms with E-state index in [1.165, 1.54) is 16.0 Å². The van der Waals surface area contributed by atoms with Gasteiger partial charge in [-0.25, -0.2) is 4.68 Å². The summed E-state index contributed by atoms with van der Waals surface area (Å²) in [7, 11) is 0. The summed E-state index contributed by atoms with van der Waals surface area (Å²) in [5.74, 6) is 0.855. The van der Waals surface area contributed by atoms with Crippen molar-refractivity contribution in [1.82, 2.24) is 14.8 Å². The van der Waals surface area contributed by atoms with Crippen LogP contribution < -0.4 is 5.32 Å². The highest BCUT2D eigenvalue weighted by molar-refractivity contribution is 7.10. The van der Waals surface area contributed by atoms with Gasteiger partial charge in [0.25, 0.3) is 0 Å². The number of rotatable bonds is 2. The maximum absolute atomic E-state index is 4.42. The highest BCUT2D eigenvalue weighted by Gasteiger charge is 2.30. The predicted molar refractivity (Wildman–Crippen MR) is 84.6 cm³/mol. The number of fused-ring (bicyclic) bond motifs is 1. The summed E-state index contributed by atoms with van der Waals surface area (Å²) in [6, 6.07) is 13.4. The van der Waals surface area contributed by atoms with Crippen LogP contribution >= 0.6 is 11.3 Å². The van der Waals surface area contributed by atoms with E-state index in [2.05, 4.69) is 64.1 Å². The normalized spacial score (nSPS) is 20.8. The van der Waals surface area contributed by atoms with Gasteiger partial charge in [-0.05, 0) is 35.9 Å². The molecule has 1 aromatic carbocycles. The van der Waals surface area contributed by atoms with Crippen LogP contribution in [0.2, 0.25) is 0 Å². The summed E-state index contributed by atoms with van der Waals surface area (Å²) < 4.78 is 2.01. The third-order valence-corrected chi connectivity index (χ3v) is 5.05. The average molecular weight is 296 g/mol. The number of anilines is 1. The lowest BCUT2D eigenvalue weighted by atomic mass is 9.94. The smallest absolute Gasteiger partial charge is 0.222 e. The minimum absolute atomic E-state index is 0.233. The van der Waals surface area contributed by atoms with Gasteiger partial charge in [0.05, 0.1) is 12.1 Å². The summed E-state index contributed by atoms with van der Waals surface area (Å²) in [6.45, 7) is 2.16. The summed E-state index contributed by atoms with van der Waals surface area (Å²) in [5, 5.41) is 10.0. The van der Waals surface area contributed by atoms with Crippen LogP contribution in [0.3, 0.4) is 0 Å². The summed E-state index contributed by atoms with van der Waals surface area (Å²) in [6.07, 6.45) is 2.62. The van der Waals surface area contributed by atoms with E-state index in [0.717, 1.165) is 12.4 Å². The van der Waals surface area contributed by atoms with E-state index in [1.807, 2.05) is 4.68 Å². The van der Waals surface area contributed by atoms with Crippen molar-refractivity contribution in [3.05, 3.63) is 64.1 Å². The maximum Gasteiger partial charge on any atom is 0.222 e. The van der Waals surface area contributed by atoms with Gasteiger partial charge in [0.15, 0.2) is 0 Å². The zero-order chi connectivity index (χ0) is 14.2. The lowest BCUT2D eigenvalue weighted by Gasteiger charge is -2.31. The van der Waals surface area contributed by atoms with E-state index < -0.39 is 0 Å². The molecule has 0 amide bonds. The molecule has 21 heavy (non-hydrogen) atoms. The van der Waals surface area contributed by atoms with E-state index in [9.17, 15) is 0 Å². The van der Waals surface area contributed by atoms with E-state index >= 15 is 0 Å². The number of aryl methyl sites for hydroxylation is 1. The van der Waals surface area contributed by atoms with E-state index in [4.69, 9.17) is 0 Å². The largest absolute Gasteiger partial charge is 0.347 e. The zero-order valence-electron chi connectivity index (χ0n) is 11.7. The fourth-order valence-electron chi connectivity index (χ4n) is 3.02. The first-order chi connectivity index (χ1) is 10.3. The molecular formula is C16H16N4S. The first-order valence-electron chi connectivity index (χ1n) is 7.08. The molecule has 106 valence electrons. The van der Waals surface area contributed by atoms with E-state index in [0.29, 0.717) is 6.04 Å². The third-order valence-electron chi connectivity index (χ3n) is 4.06. The second-order valence-electron chi connectivity index (χ2n) is 5.35. The van der Waals surface area contributed by atoms with Gasteiger partial charge >= 0.3 is 0 Å². The number of hydrogen-bond donors (Lipinski definition) is 1. The zero-order valence-corrected chi connectivity index (χ0v) is 12.5. The highest BCUT2D eigenvalue weighted by Crippen LogP contribution is 2.39. The Balaban J connectivity index is 1.78. The van der Waals surface area contributed by atoms with Crippen molar-refractivity contribution < 1.29 is 0 Å². The topological polar surface area (TPSA) is 42.7 Å². The molecule has 0 saturated carbocycles. The van der Waals surface area contributed by atoms with Gasteiger partial charge in [-0.3, -0.25) is 0 Å². The third kappa shape index (κ3) is 2.14. The number of benzene rings is 1. The van der Waals surface area contributed by atoms with Crippen LogP contribution in [0, 0.1) is 6.92 Å². The molecule has 0 spiro atoms. The second kappa shape index (κ2) is 5.00. The van der Waals surface area contributed by atoms with Gasteiger partial charge in [-0.1, -0.05) is 30.3 Å². The second-order valence-corrected chi connectivity index (χ2v) is 6.33. The molecule has 4 nitrogen and oxygen atoms in total. The van der Waals surface area contributed by atoms with Crippen LogP contribution in [0.1, 0.15) is 34.5 Å². The molecule has 2 atom stereocenters. The number of aromatic nitrogens is 3. The molecule has 0 aliphatic carbocycles. The Labute approximate surface area is 127 Å². The van der Waals surface area contributed by atoms with Gasteiger partial charge < -0.3 is 5.32 Å². The molecule has 0 saturated heterocycles. The lowest BCUT2D eigenvalue weighted by molar-refractivity contribution is 0.432. The Kier molecular flexibility index (Phi) is 3.00. The Morgan fingerprint density at radius 1 is 1.24 bits per heavy atom. The monoisotopic (exact) mass is 296 g/mol. The SMILES string of the molecule is Cc1ccccc1[C@@H]1C[C@@H](c2cccs2)Nc2ncnn21. The van der Waals surface area contributed by atoms with Gasteiger partial charge in [-0.2, -0.15) is 10.1 Å². The lowest BCUT2D eigenvalue weighted by Crippen LogP contribution is -2.28. The molecule has 5 heteroatoms. The molecule has 0 bridgehead atoms. The predicted octanol–water partition coefficient (Wildman–Crippen LogP) is 3.79. The van der Waals surface area contributed by atoms with Crippen molar-refractivity contribution in [3.8, 4) is 0 Å². The summed E-state index contributed by atoms with van der Waals surface area (Å²) >= 11 is 1.79. The standard InChI is InChI=1S/C16H16N4S/c1-11-5-2-3-6-12(11)14-9-13(15-7-4-8-21-15)19-16-17-10-18-20(14)16/h2-8,10,13-14H,9H2,1H3,(H,17,18,19)/t13-,14-/m0/s1. The van der Waals surface area contributed by atoms with Crippen molar-refractivity contribution >= 4 is 17.3 Å².